The van der Waals surface area contributed by atoms with Crippen molar-refractivity contribution in [3.8, 4) is 11.4 Å². The van der Waals surface area contributed by atoms with Crippen molar-refractivity contribution in [1.29, 1.82) is 0 Å². The van der Waals surface area contributed by atoms with Crippen LogP contribution in [0.15, 0.2) is 36.8 Å². The summed E-state index contributed by atoms with van der Waals surface area (Å²) in [5.41, 5.74) is -3.49. The summed E-state index contributed by atoms with van der Waals surface area (Å²) in [6.45, 7) is 1.95. The van der Waals surface area contributed by atoms with E-state index in [0.717, 1.165) is 41.5 Å². The van der Waals surface area contributed by atoms with E-state index >= 15 is 0 Å². The number of carbonyl (C=O) groups excluding carboxylic acids is 1. The van der Waals surface area contributed by atoms with Crippen molar-refractivity contribution in [1.82, 2.24) is 29.9 Å². The minimum Gasteiger partial charge on any atom is -0.314 e. The van der Waals surface area contributed by atoms with Crippen LogP contribution >= 0.6 is 0 Å². The van der Waals surface area contributed by atoms with Crippen LogP contribution in [0.25, 0.3) is 11.4 Å². The van der Waals surface area contributed by atoms with Gasteiger partial charge in [-0.15, -0.1) is 5.10 Å². The average molecular weight is 543 g/mol. The highest BCUT2D eigenvalue weighted by atomic mass is 19.4. The van der Waals surface area contributed by atoms with Gasteiger partial charge in [-0.2, -0.15) is 26.3 Å². The minimum absolute atomic E-state index is 0.0132. The third-order valence-corrected chi connectivity index (χ3v) is 6.84. The lowest BCUT2D eigenvalue weighted by Crippen LogP contribution is -2.73. The molecule has 2 bridgehead atoms. The van der Waals surface area contributed by atoms with Crippen molar-refractivity contribution < 1.29 is 35.5 Å². The molecule has 38 heavy (non-hydrogen) atoms. The van der Waals surface area contributed by atoms with Gasteiger partial charge in [0, 0.05) is 17.3 Å². The van der Waals surface area contributed by atoms with E-state index in [1.165, 1.54) is 4.90 Å². The van der Waals surface area contributed by atoms with E-state index in [1.807, 2.05) is 6.92 Å². The third kappa shape index (κ3) is 4.76. The van der Waals surface area contributed by atoms with E-state index in [0.29, 0.717) is 19.3 Å². The molecular formula is C23H20F7N7O. The number of carbonyl (C=O) groups is 1. The van der Waals surface area contributed by atoms with Gasteiger partial charge in [0.25, 0.3) is 0 Å². The molecule has 0 radical (unpaired) electrons. The Labute approximate surface area is 210 Å². The van der Waals surface area contributed by atoms with Crippen molar-refractivity contribution >= 4 is 11.7 Å². The number of aromatic nitrogens is 5. The Balaban J connectivity index is 1.41. The quantitative estimate of drug-likeness (QED) is 0.446. The van der Waals surface area contributed by atoms with E-state index in [2.05, 4.69) is 25.6 Å². The fourth-order valence-electron chi connectivity index (χ4n) is 5.55. The van der Waals surface area contributed by atoms with Gasteiger partial charge < -0.3 is 10.2 Å². The summed E-state index contributed by atoms with van der Waals surface area (Å²) in [6.07, 6.45) is -5.48. The van der Waals surface area contributed by atoms with Crippen molar-refractivity contribution in [2.45, 2.75) is 56.7 Å². The normalized spacial score (nSPS) is 23.2. The summed E-state index contributed by atoms with van der Waals surface area (Å²) in [7, 11) is 0. The van der Waals surface area contributed by atoms with E-state index in [1.54, 1.807) is 0 Å². The van der Waals surface area contributed by atoms with Gasteiger partial charge in [0.15, 0.2) is 17.3 Å². The molecule has 202 valence electrons. The van der Waals surface area contributed by atoms with Crippen LogP contribution in [-0.4, -0.2) is 47.5 Å². The van der Waals surface area contributed by atoms with Gasteiger partial charge >= 0.3 is 18.4 Å². The maximum Gasteiger partial charge on any atom is 0.436 e. The van der Waals surface area contributed by atoms with Crippen LogP contribution in [0.4, 0.5) is 41.2 Å². The second-order valence-corrected chi connectivity index (χ2v) is 9.71. The van der Waals surface area contributed by atoms with Gasteiger partial charge in [-0.05, 0) is 43.4 Å². The molecule has 2 aliphatic heterocycles. The Hall–Kier alpha value is -3.78. The molecule has 1 saturated carbocycles. The molecule has 1 N–H and O–H groups in total. The molecule has 0 spiro atoms. The number of halogens is 7. The maximum atomic E-state index is 13.6. The zero-order valence-electron chi connectivity index (χ0n) is 19.7. The van der Waals surface area contributed by atoms with Crippen LogP contribution in [-0.2, 0) is 18.9 Å². The number of urea groups is 1. The van der Waals surface area contributed by atoms with Crippen molar-refractivity contribution in [2.24, 2.45) is 5.92 Å². The van der Waals surface area contributed by atoms with Crippen molar-refractivity contribution in [3.05, 3.63) is 53.9 Å². The molecule has 1 unspecified atom stereocenters. The fraction of sp³-hybridized carbons (Fsp3) is 0.435. The Morgan fingerprint density at radius 2 is 1.82 bits per heavy atom. The standard InChI is InChI=1S/C23H20F7N7O/c1-12-4-15-7-21(6-12,11-36-10-18(34-35-36)23(28,29)30)37(15)20(38)33-14-2-3-17(22(25,26)27)16(5-14)19-31-8-13(24)9-32-19/h2-3,5,8-10,12,15H,4,6-7,11H2,1H3,(H,33,38)/t12-,15-,21?/m1/s1. The number of fused-ring (bicyclic) bond motifs is 2. The number of hydrogen-bond acceptors (Lipinski definition) is 5. The SMILES string of the molecule is C[C@@H]1C[C@@H]2CC(Cn3cc(C(F)(F)F)nn3)(C1)N2C(=O)Nc1ccc(C(F)(F)F)c(-c2ncc(F)cn2)c1. The summed E-state index contributed by atoms with van der Waals surface area (Å²) in [5.74, 6) is -1.02. The number of benzene rings is 1. The van der Waals surface area contributed by atoms with E-state index in [-0.39, 0.29) is 30.0 Å². The van der Waals surface area contributed by atoms with E-state index < -0.39 is 46.6 Å². The smallest absolute Gasteiger partial charge is 0.314 e. The largest absolute Gasteiger partial charge is 0.436 e. The summed E-state index contributed by atoms with van der Waals surface area (Å²) in [4.78, 5) is 22.1. The first-order chi connectivity index (χ1) is 17.7. The lowest BCUT2D eigenvalue weighted by molar-refractivity contribution is -0.141. The van der Waals surface area contributed by atoms with Gasteiger partial charge in [-0.25, -0.2) is 23.8 Å². The Bertz CT molecular complexity index is 1360. The number of amides is 2. The van der Waals surface area contributed by atoms with Crippen LogP contribution in [0.5, 0.6) is 0 Å². The highest BCUT2D eigenvalue weighted by molar-refractivity contribution is 5.92. The first-order valence-electron chi connectivity index (χ1n) is 11.5. The molecule has 2 saturated heterocycles. The first kappa shape index (κ1) is 25.9. The molecule has 15 heteroatoms. The number of anilines is 1. The summed E-state index contributed by atoms with van der Waals surface area (Å²) < 4.78 is 94.1. The van der Waals surface area contributed by atoms with Crippen molar-refractivity contribution in [2.75, 3.05) is 5.32 Å². The number of nitrogens with zero attached hydrogens (tertiary/aromatic N) is 6. The molecule has 1 aromatic carbocycles. The molecule has 3 aliphatic rings. The summed E-state index contributed by atoms with van der Waals surface area (Å²) in [6, 6.07) is 2.08. The monoisotopic (exact) mass is 543 g/mol. The maximum absolute atomic E-state index is 13.6. The topological polar surface area (TPSA) is 88.8 Å². The van der Waals surface area contributed by atoms with Crippen LogP contribution in [0, 0.1) is 11.7 Å². The lowest BCUT2D eigenvalue weighted by atomic mass is 9.64. The van der Waals surface area contributed by atoms with Crippen LogP contribution in [0.1, 0.15) is 37.4 Å². The van der Waals surface area contributed by atoms with Gasteiger partial charge in [0.2, 0.25) is 0 Å². The third-order valence-electron chi connectivity index (χ3n) is 6.84. The van der Waals surface area contributed by atoms with E-state index in [4.69, 9.17) is 0 Å². The number of alkyl halides is 6. The van der Waals surface area contributed by atoms with Crippen LogP contribution < -0.4 is 5.32 Å². The lowest BCUT2D eigenvalue weighted by Gasteiger charge is -2.63. The predicted molar refractivity (Wildman–Crippen MR) is 118 cm³/mol. The molecule has 2 aromatic heterocycles. The van der Waals surface area contributed by atoms with Crippen molar-refractivity contribution in [3.63, 3.8) is 0 Å². The van der Waals surface area contributed by atoms with Gasteiger partial charge in [-0.1, -0.05) is 12.1 Å². The van der Waals surface area contributed by atoms with Gasteiger partial charge in [-0.3, -0.25) is 0 Å². The Morgan fingerprint density at radius 3 is 2.45 bits per heavy atom. The number of rotatable bonds is 4. The summed E-state index contributed by atoms with van der Waals surface area (Å²) >= 11 is 0. The zero-order valence-corrected chi connectivity index (χ0v) is 19.7. The molecule has 3 atom stereocenters. The molecular weight excluding hydrogens is 523 g/mol. The Morgan fingerprint density at radius 1 is 1.11 bits per heavy atom. The summed E-state index contributed by atoms with van der Waals surface area (Å²) in [5, 5.41) is 9.34. The highest BCUT2D eigenvalue weighted by Crippen LogP contribution is 2.51. The number of nitrogens with one attached hydrogen (secondary N) is 1. The average Bonchev–Trinajstić information content (AvgIpc) is 3.27. The minimum atomic E-state index is -4.77. The molecule has 3 fully saturated rings. The van der Waals surface area contributed by atoms with Gasteiger partial charge in [0.1, 0.15) is 0 Å². The van der Waals surface area contributed by atoms with E-state index in [9.17, 15) is 35.5 Å². The predicted octanol–water partition coefficient (Wildman–Crippen LogP) is 5.39. The second kappa shape index (κ2) is 8.91. The number of hydrogen-bond donors (Lipinski definition) is 1. The zero-order chi connectivity index (χ0) is 27.5. The van der Waals surface area contributed by atoms with Crippen LogP contribution in [0.3, 0.4) is 0 Å². The fourth-order valence-corrected chi connectivity index (χ4v) is 5.55. The Kier molecular flexibility index (Phi) is 6.06. The number of piperidine rings is 1. The highest BCUT2D eigenvalue weighted by Gasteiger charge is 2.58. The molecule has 8 nitrogen and oxygen atoms in total. The molecule has 1 aliphatic carbocycles. The van der Waals surface area contributed by atoms with Crippen LogP contribution in [0.2, 0.25) is 0 Å². The first-order valence-corrected chi connectivity index (χ1v) is 11.5. The molecule has 3 aromatic rings. The molecule has 6 rings (SSSR count). The second-order valence-electron chi connectivity index (χ2n) is 9.71. The molecule has 2 amide bonds. The van der Waals surface area contributed by atoms with Gasteiger partial charge in [0.05, 0.1) is 36.2 Å². The molecule has 4 heterocycles.